The van der Waals surface area contributed by atoms with Gasteiger partial charge in [0.2, 0.25) is 5.91 Å². The Kier molecular flexibility index (Phi) is 8.46. The molecule has 0 bridgehead atoms. The first-order valence-electron chi connectivity index (χ1n) is 11.6. The molecule has 1 aromatic carbocycles. The van der Waals surface area contributed by atoms with Crippen molar-refractivity contribution in [2.45, 2.75) is 70.0 Å². The van der Waals surface area contributed by atoms with Crippen LogP contribution in [0.1, 0.15) is 44.6 Å². The van der Waals surface area contributed by atoms with Crippen molar-refractivity contribution < 1.29 is 37.3 Å². The lowest BCUT2D eigenvalue weighted by Crippen LogP contribution is -2.72. The van der Waals surface area contributed by atoms with Crippen LogP contribution < -0.4 is 10.1 Å². The SMILES string of the molecule is COc1cccc(CC(C)[C@H]2C(=O)N(C(=O)NC(C3CCCCC3)C(F)(F)F)C2C(O)OC)c1. The number of alkyl halides is 3. The third kappa shape index (κ3) is 5.66. The zero-order valence-corrected chi connectivity index (χ0v) is 19.7. The molecule has 1 aliphatic heterocycles. The van der Waals surface area contributed by atoms with Crippen molar-refractivity contribution in [3.63, 3.8) is 0 Å². The normalized spacial score (nSPS) is 24.2. The first-order chi connectivity index (χ1) is 16.1. The summed E-state index contributed by atoms with van der Waals surface area (Å²) in [4.78, 5) is 26.6. The number of benzene rings is 1. The Morgan fingerprint density at radius 2 is 1.91 bits per heavy atom. The molecule has 1 heterocycles. The molecule has 2 aliphatic rings. The quantitative estimate of drug-likeness (QED) is 0.430. The number of β-lactam (4-membered cyclic amide) rings is 1. The number of rotatable bonds is 8. The molecule has 3 amide bonds. The fourth-order valence-electron chi connectivity index (χ4n) is 5.23. The minimum absolute atomic E-state index is 0.310. The summed E-state index contributed by atoms with van der Waals surface area (Å²) in [6.45, 7) is 1.80. The van der Waals surface area contributed by atoms with Gasteiger partial charge in [-0.3, -0.25) is 9.69 Å². The van der Waals surface area contributed by atoms with Crippen molar-refractivity contribution in [2.75, 3.05) is 14.2 Å². The Labute approximate surface area is 197 Å². The predicted octanol–water partition coefficient (Wildman–Crippen LogP) is 3.89. The van der Waals surface area contributed by atoms with E-state index >= 15 is 0 Å². The minimum atomic E-state index is -4.64. The molecular formula is C24H33F3N2O5. The first kappa shape index (κ1) is 26.3. The third-order valence-corrected chi connectivity index (χ3v) is 7.00. The molecule has 4 unspecified atom stereocenters. The highest BCUT2D eigenvalue weighted by Gasteiger charge is 2.57. The van der Waals surface area contributed by atoms with Crippen molar-refractivity contribution in [3.8, 4) is 5.75 Å². The van der Waals surface area contributed by atoms with Crippen LogP contribution in [0.5, 0.6) is 5.75 Å². The average Bonchev–Trinajstić information content (AvgIpc) is 2.80. The third-order valence-electron chi connectivity index (χ3n) is 7.00. The van der Waals surface area contributed by atoms with Gasteiger partial charge in [-0.2, -0.15) is 13.2 Å². The lowest BCUT2D eigenvalue weighted by Gasteiger charge is -2.49. The minimum Gasteiger partial charge on any atom is -0.497 e. The van der Waals surface area contributed by atoms with Crippen LogP contribution in [-0.2, 0) is 16.0 Å². The Morgan fingerprint density at radius 3 is 2.50 bits per heavy atom. The van der Waals surface area contributed by atoms with Gasteiger partial charge >= 0.3 is 12.2 Å². The maximum Gasteiger partial charge on any atom is 0.408 e. The number of aliphatic hydroxyl groups excluding tert-OH is 1. The highest BCUT2D eigenvalue weighted by atomic mass is 19.4. The van der Waals surface area contributed by atoms with Crippen LogP contribution in [0.4, 0.5) is 18.0 Å². The van der Waals surface area contributed by atoms with E-state index in [4.69, 9.17) is 9.47 Å². The molecule has 1 aromatic rings. The number of aliphatic hydroxyl groups is 1. The Morgan fingerprint density at radius 1 is 1.24 bits per heavy atom. The summed E-state index contributed by atoms with van der Waals surface area (Å²) in [7, 11) is 2.76. The van der Waals surface area contributed by atoms with E-state index in [0.29, 0.717) is 42.8 Å². The van der Waals surface area contributed by atoms with Gasteiger partial charge in [-0.15, -0.1) is 0 Å². The lowest BCUT2D eigenvalue weighted by atomic mass is 9.75. The van der Waals surface area contributed by atoms with Crippen LogP contribution >= 0.6 is 0 Å². The van der Waals surface area contributed by atoms with Gasteiger partial charge in [-0.25, -0.2) is 4.79 Å². The summed E-state index contributed by atoms with van der Waals surface area (Å²) in [5.41, 5.74) is 0.891. The van der Waals surface area contributed by atoms with Crippen LogP contribution in [0.15, 0.2) is 24.3 Å². The molecule has 34 heavy (non-hydrogen) atoms. The number of nitrogens with zero attached hydrogens (tertiary/aromatic N) is 1. The second-order valence-corrected chi connectivity index (χ2v) is 9.25. The highest BCUT2D eigenvalue weighted by molar-refractivity contribution is 6.01. The van der Waals surface area contributed by atoms with Crippen LogP contribution in [0.25, 0.3) is 0 Å². The van der Waals surface area contributed by atoms with Crippen LogP contribution in [0, 0.1) is 17.8 Å². The fourth-order valence-corrected chi connectivity index (χ4v) is 5.23. The molecule has 3 rings (SSSR count). The number of carbonyl (C=O) groups excluding carboxylic acids is 2. The highest BCUT2D eigenvalue weighted by Crippen LogP contribution is 2.39. The maximum atomic E-state index is 13.8. The molecular weight excluding hydrogens is 453 g/mol. The summed E-state index contributed by atoms with van der Waals surface area (Å²) < 4.78 is 51.5. The Hall–Kier alpha value is -2.33. The summed E-state index contributed by atoms with van der Waals surface area (Å²) in [6, 6.07) is 3.02. The van der Waals surface area contributed by atoms with E-state index in [1.165, 1.54) is 7.11 Å². The number of nitrogens with one attached hydrogen (secondary N) is 1. The predicted molar refractivity (Wildman–Crippen MR) is 118 cm³/mol. The molecule has 2 fully saturated rings. The number of carbonyl (C=O) groups is 2. The number of hydrogen-bond donors (Lipinski definition) is 2. The second-order valence-electron chi connectivity index (χ2n) is 9.25. The van der Waals surface area contributed by atoms with E-state index in [0.717, 1.165) is 12.0 Å². The van der Waals surface area contributed by atoms with Crippen molar-refractivity contribution in [1.82, 2.24) is 10.2 Å². The van der Waals surface area contributed by atoms with Gasteiger partial charge in [0.1, 0.15) is 17.8 Å². The lowest BCUT2D eigenvalue weighted by molar-refractivity contribution is -0.192. The van der Waals surface area contributed by atoms with Crippen LogP contribution in [0.3, 0.4) is 0 Å². The van der Waals surface area contributed by atoms with E-state index in [1.807, 2.05) is 18.2 Å². The van der Waals surface area contributed by atoms with Gasteiger partial charge in [0.05, 0.1) is 13.0 Å². The zero-order chi connectivity index (χ0) is 25.0. The number of imide groups is 1. The van der Waals surface area contributed by atoms with Gasteiger partial charge in [0, 0.05) is 7.11 Å². The topological polar surface area (TPSA) is 88.1 Å². The van der Waals surface area contributed by atoms with Crippen molar-refractivity contribution in [1.29, 1.82) is 0 Å². The van der Waals surface area contributed by atoms with Gasteiger partial charge in [0.25, 0.3) is 0 Å². The average molecular weight is 487 g/mol. The van der Waals surface area contributed by atoms with Crippen molar-refractivity contribution in [2.24, 2.45) is 17.8 Å². The van der Waals surface area contributed by atoms with E-state index in [-0.39, 0.29) is 5.92 Å². The number of likely N-dealkylation sites (tertiary alicyclic amines) is 1. The molecule has 0 radical (unpaired) electrons. The maximum absolute atomic E-state index is 13.8. The summed E-state index contributed by atoms with van der Waals surface area (Å²) in [5, 5.41) is 12.4. The number of urea groups is 1. The van der Waals surface area contributed by atoms with Gasteiger partial charge in [-0.05, 0) is 48.8 Å². The number of methoxy groups -OCH3 is 2. The summed E-state index contributed by atoms with van der Waals surface area (Å²) in [6.07, 6.45) is -2.77. The van der Waals surface area contributed by atoms with Crippen molar-refractivity contribution >= 4 is 11.9 Å². The molecule has 1 saturated carbocycles. The molecule has 1 saturated heterocycles. The molecule has 0 spiro atoms. The summed E-state index contributed by atoms with van der Waals surface area (Å²) in [5.74, 6) is -1.80. The van der Waals surface area contributed by atoms with Crippen LogP contribution in [0.2, 0.25) is 0 Å². The van der Waals surface area contributed by atoms with E-state index in [2.05, 4.69) is 5.32 Å². The summed E-state index contributed by atoms with van der Waals surface area (Å²) >= 11 is 0. The van der Waals surface area contributed by atoms with Crippen molar-refractivity contribution in [3.05, 3.63) is 29.8 Å². The standard InChI is InChI=1S/C24H33F3N2O5/c1-14(12-15-8-7-11-17(13-15)33-2)18-19(22(31)34-3)29(21(18)30)23(32)28-20(24(25,26)27)16-9-5-4-6-10-16/h7-8,11,13-14,16,18-20,22,31H,4-6,9-10,12H2,1-3H3,(H,28,32)/t14?,18-,19?,20?,22?/m1/s1. The van der Waals surface area contributed by atoms with Gasteiger partial charge < -0.3 is 19.9 Å². The fraction of sp³-hybridized carbons (Fsp3) is 0.667. The number of ether oxygens (including phenoxy) is 2. The molecule has 0 aromatic heterocycles. The molecule has 7 nitrogen and oxygen atoms in total. The van der Waals surface area contributed by atoms with E-state index in [9.17, 15) is 27.9 Å². The van der Waals surface area contributed by atoms with E-state index in [1.54, 1.807) is 20.1 Å². The first-order valence-corrected chi connectivity index (χ1v) is 11.6. The molecule has 5 atom stereocenters. The second kappa shape index (κ2) is 10.9. The molecule has 190 valence electrons. The Balaban J connectivity index is 1.75. The number of hydrogen-bond acceptors (Lipinski definition) is 5. The number of amides is 3. The molecule has 1 aliphatic carbocycles. The molecule has 10 heteroatoms. The zero-order valence-electron chi connectivity index (χ0n) is 19.7. The van der Waals surface area contributed by atoms with Gasteiger partial charge in [-0.1, -0.05) is 38.3 Å². The smallest absolute Gasteiger partial charge is 0.408 e. The molecule has 2 N–H and O–H groups in total. The van der Waals surface area contributed by atoms with Crippen LogP contribution in [-0.4, -0.2) is 60.7 Å². The number of halogens is 3. The monoisotopic (exact) mass is 486 g/mol. The van der Waals surface area contributed by atoms with Gasteiger partial charge in [0.15, 0.2) is 6.29 Å². The Bertz CT molecular complexity index is 859. The van der Waals surface area contributed by atoms with E-state index < -0.39 is 48.3 Å². The largest absolute Gasteiger partial charge is 0.497 e.